The molecule has 0 aromatic rings. The normalized spacial score (nSPS) is 31.7. The highest BCUT2D eigenvalue weighted by Crippen LogP contribution is 2.87. The number of nitrogens with zero attached hydrogens (tertiary/aromatic N) is 2. The number of nitrogens with one attached hydrogen (secondary N) is 1. The molecule has 0 aromatic heterocycles. The summed E-state index contributed by atoms with van der Waals surface area (Å²) >= 11 is 28.7. The smallest absolute Gasteiger partial charge is 0.216 e. The Morgan fingerprint density at radius 2 is 2.00 bits per heavy atom. The van der Waals surface area contributed by atoms with Crippen molar-refractivity contribution >= 4 is 77.8 Å². The third-order valence-corrected chi connectivity index (χ3v) is 14.2. The summed E-state index contributed by atoms with van der Waals surface area (Å²) in [6.07, 6.45) is -2.55. The SMILES string of the molecule is ClN1P(Cl)(Cl)=NPN[P+]1(Cl)Cl. The summed E-state index contributed by atoms with van der Waals surface area (Å²) in [5.41, 5.74) is 0. The molecule has 11 heteroatoms. The predicted octanol–water partition coefficient (Wildman–Crippen LogP) is 5.13. The first-order valence-electron chi connectivity index (χ1n) is 2.14. The first kappa shape index (κ1) is 11.5. The van der Waals surface area contributed by atoms with Gasteiger partial charge in [0, 0.05) is 15.7 Å². The molecule has 1 aliphatic heterocycles. The first-order chi connectivity index (χ1) is 4.86. The molecule has 66 valence electrons. The Bertz CT molecular complexity index is 207. The summed E-state index contributed by atoms with van der Waals surface area (Å²) in [5.74, 6) is -2.65. The van der Waals surface area contributed by atoms with Crippen LogP contribution in [0.2, 0.25) is 0 Å². The van der Waals surface area contributed by atoms with Gasteiger partial charge in [-0.25, -0.2) is 4.52 Å². The van der Waals surface area contributed by atoms with Crippen LogP contribution in [0.4, 0.5) is 0 Å². The van der Waals surface area contributed by atoms with Crippen LogP contribution < -0.4 is 4.86 Å². The zero-order valence-electron chi connectivity index (χ0n) is 4.68. The van der Waals surface area contributed by atoms with Crippen LogP contribution in [-0.4, -0.2) is 3.96 Å². The Kier molecular flexibility index (Phi) is 4.10. The lowest BCUT2D eigenvalue weighted by molar-refractivity contribution is 1.16. The molecule has 1 unspecified atom stereocenters. The molecule has 0 fully saturated rings. The summed E-state index contributed by atoms with van der Waals surface area (Å²) < 4.78 is 4.85. The predicted molar refractivity (Wildman–Crippen MR) is 58.8 cm³/mol. The maximum atomic E-state index is 5.77. The third-order valence-electron chi connectivity index (χ3n) is 0.761. The third kappa shape index (κ3) is 2.70. The van der Waals surface area contributed by atoms with Crippen molar-refractivity contribution < 1.29 is 0 Å². The van der Waals surface area contributed by atoms with Gasteiger partial charge in [-0.05, 0) is 22.5 Å². The van der Waals surface area contributed by atoms with Crippen LogP contribution in [0, 0.1) is 0 Å². The fourth-order valence-corrected chi connectivity index (χ4v) is 11.2. The van der Waals surface area contributed by atoms with Gasteiger partial charge in [0.05, 0.1) is 0 Å². The Morgan fingerprint density at radius 3 is 2.36 bits per heavy atom. The van der Waals surface area contributed by atoms with Crippen molar-refractivity contribution in [1.82, 2.24) is 8.82 Å². The zero-order chi connectivity index (χ0) is 8.70. The highest BCUT2D eigenvalue weighted by Gasteiger charge is 2.53. The topological polar surface area (TPSA) is 27.6 Å². The van der Waals surface area contributed by atoms with Gasteiger partial charge in [0.2, 0.25) is 0 Å². The second kappa shape index (κ2) is 3.91. The van der Waals surface area contributed by atoms with Crippen molar-refractivity contribution in [3.8, 4) is 0 Å². The zero-order valence-corrected chi connectivity index (χ0v) is 11.2. The van der Waals surface area contributed by atoms with Crippen LogP contribution in [0.3, 0.4) is 0 Å². The van der Waals surface area contributed by atoms with E-state index in [1.807, 2.05) is 0 Å². The summed E-state index contributed by atoms with van der Waals surface area (Å²) in [4.78, 5) is 2.72. The number of hydrogen-bond donors (Lipinski definition) is 1. The van der Waals surface area contributed by atoms with Crippen molar-refractivity contribution in [1.29, 1.82) is 0 Å². The van der Waals surface area contributed by atoms with Crippen LogP contribution >= 0.6 is 77.8 Å². The highest BCUT2D eigenvalue weighted by atomic mass is 35.9. The van der Waals surface area contributed by atoms with Crippen molar-refractivity contribution in [3.05, 3.63) is 0 Å². The van der Waals surface area contributed by atoms with Crippen LogP contribution in [-0.2, 0) is 0 Å². The molecule has 0 spiro atoms. The number of rotatable bonds is 0. The van der Waals surface area contributed by atoms with E-state index in [-0.39, 0.29) is 8.88 Å². The molecule has 1 rings (SSSR count). The van der Waals surface area contributed by atoms with Gasteiger partial charge in [0.15, 0.2) is 22.5 Å². The highest BCUT2D eigenvalue weighted by molar-refractivity contribution is 8.26. The van der Waals surface area contributed by atoms with Gasteiger partial charge in [-0.1, -0.05) is 0 Å². The molecule has 1 N–H and O–H groups in total. The Balaban J connectivity index is 2.96. The lowest BCUT2D eigenvalue weighted by atomic mass is 13.8. The van der Waals surface area contributed by atoms with Crippen LogP contribution in [0.5, 0.6) is 0 Å². The van der Waals surface area contributed by atoms with Gasteiger partial charge in [-0.2, -0.15) is 0 Å². The van der Waals surface area contributed by atoms with E-state index >= 15 is 0 Å². The lowest BCUT2D eigenvalue weighted by Crippen LogP contribution is -2.10. The molecule has 0 bridgehead atoms. The maximum absolute atomic E-state index is 5.77. The van der Waals surface area contributed by atoms with E-state index in [0.29, 0.717) is 0 Å². The quantitative estimate of drug-likeness (QED) is 0.495. The summed E-state index contributed by atoms with van der Waals surface area (Å²) in [5, 5.41) is 0. The minimum absolute atomic E-state index is 0.0103. The van der Waals surface area contributed by atoms with Crippen molar-refractivity contribution in [2.75, 3.05) is 0 Å². The molecular formula is H2Cl5N3P3+. The summed E-state index contributed by atoms with van der Waals surface area (Å²) in [6, 6.07) is 0. The van der Waals surface area contributed by atoms with Crippen LogP contribution in [0.15, 0.2) is 4.52 Å². The second-order valence-corrected chi connectivity index (χ2v) is 14.0. The molecule has 0 aromatic carbocycles. The molecular weight excluding hydrogens is 312 g/mol. The summed E-state index contributed by atoms with van der Waals surface area (Å²) in [6.45, 7) is 0. The van der Waals surface area contributed by atoms with Gasteiger partial charge in [0.1, 0.15) is 8.88 Å². The van der Waals surface area contributed by atoms with Crippen molar-refractivity contribution in [3.63, 3.8) is 0 Å². The molecule has 1 aliphatic rings. The van der Waals surface area contributed by atoms with E-state index in [0.717, 1.165) is 3.96 Å². The molecule has 0 amide bonds. The number of hydrogen-bond acceptors (Lipinski definition) is 3. The fraction of sp³-hybridized carbons (Fsp3) is 0. The van der Waals surface area contributed by atoms with Gasteiger partial charge in [-0.15, -0.1) is 4.86 Å². The average molecular weight is 314 g/mol. The van der Waals surface area contributed by atoms with Gasteiger partial charge >= 0.3 is 6.27 Å². The monoisotopic (exact) mass is 312 g/mol. The van der Waals surface area contributed by atoms with E-state index in [9.17, 15) is 0 Å². The molecule has 0 radical (unpaired) electrons. The van der Waals surface area contributed by atoms with Gasteiger partial charge in [-0.3, -0.25) is 0 Å². The van der Waals surface area contributed by atoms with Crippen LogP contribution in [0.1, 0.15) is 0 Å². The number of halogens is 5. The van der Waals surface area contributed by atoms with E-state index in [1.54, 1.807) is 0 Å². The first-order valence-corrected chi connectivity index (χ1v) is 10.5. The molecule has 0 aliphatic carbocycles. The van der Waals surface area contributed by atoms with E-state index < -0.39 is 12.2 Å². The standard InChI is InChI=1S/Cl5H2N3P3/c1-8-10(2,3)6-9-7-11(8,4)5/h6,9H/q+1. The Morgan fingerprint density at radius 1 is 1.45 bits per heavy atom. The Labute approximate surface area is 90.7 Å². The Hall–Kier alpha value is 2.46. The molecule has 11 heavy (non-hydrogen) atoms. The molecule has 1 atom stereocenters. The van der Waals surface area contributed by atoms with Crippen molar-refractivity contribution in [2.24, 2.45) is 4.52 Å². The van der Waals surface area contributed by atoms with E-state index in [4.69, 9.17) is 56.7 Å². The second-order valence-electron chi connectivity index (χ2n) is 1.50. The fourth-order valence-electron chi connectivity index (χ4n) is 0.356. The van der Waals surface area contributed by atoms with Crippen molar-refractivity contribution in [2.45, 2.75) is 0 Å². The largest absolute Gasteiger partial charge is 0.379 e. The van der Waals surface area contributed by atoms with Gasteiger partial charge in [0.25, 0.3) is 5.91 Å². The molecule has 0 saturated carbocycles. The maximum Gasteiger partial charge on any atom is 0.379 e. The minimum atomic E-state index is -2.65. The minimum Gasteiger partial charge on any atom is -0.216 e. The average Bonchev–Trinajstić information content (AvgIpc) is 1.82. The van der Waals surface area contributed by atoms with Gasteiger partial charge < -0.3 is 0 Å². The molecule has 0 saturated heterocycles. The molecule has 3 nitrogen and oxygen atoms in total. The summed E-state index contributed by atoms with van der Waals surface area (Å²) in [7, 11) is 0.0103. The molecule has 1 heterocycles. The van der Waals surface area contributed by atoms with E-state index in [1.165, 1.54) is 0 Å². The van der Waals surface area contributed by atoms with E-state index in [2.05, 4.69) is 9.37 Å². The lowest BCUT2D eigenvalue weighted by Gasteiger charge is -2.24. The van der Waals surface area contributed by atoms with Crippen LogP contribution in [0.25, 0.3) is 0 Å².